The Morgan fingerprint density at radius 3 is 2.50 bits per heavy atom. The highest BCUT2D eigenvalue weighted by molar-refractivity contribution is 7.12. The van der Waals surface area contributed by atoms with E-state index in [1.54, 1.807) is 23.5 Å². The number of anilines is 1. The highest BCUT2D eigenvalue weighted by Gasteiger charge is 2.32. The summed E-state index contributed by atoms with van der Waals surface area (Å²) in [4.78, 5) is 11.0. The van der Waals surface area contributed by atoms with Crippen molar-refractivity contribution in [2.75, 3.05) is 5.01 Å². The first-order valence-corrected chi connectivity index (χ1v) is 12.1. The van der Waals surface area contributed by atoms with Gasteiger partial charge in [0, 0.05) is 22.4 Å². The van der Waals surface area contributed by atoms with E-state index in [0.717, 1.165) is 38.3 Å². The molecule has 1 atom stereocenters. The number of fused-ring (bicyclic) bond motifs is 1. The van der Waals surface area contributed by atoms with E-state index in [2.05, 4.69) is 6.07 Å². The Hall–Kier alpha value is -3.61. The van der Waals surface area contributed by atoms with Gasteiger partial charge in [0.1, 0.15) is 5.82 Å². The van der Waals surface area contributed by atoms with Gasteiger partial charge in [-0.15, -0.1) is 11.3 Å². The van der Waals surface area contributed by atoms with E-state index in [9.17, 15) is 4.39 Å². The molecule has 0 N–H and O–H groups in total. The molecule has 6 rings (SSSR count). The summed E-state index contributed by atoms with van der Waals surface area (Å²) in [5.74, 6) is 0.229. The summed E-state index contributed by atoms with van der Waals surface area (Å²) in [5, 5.41) is 10.4. The van der Waals surface area contributed by atoms with E-state index < -0.39 is 0 Å². The molecule has 0 aliphatic carbocycles. The Bertz CT molecular complexity index is 1500. The van der Waals surface area contributed by atoms with Crippen LogP contribution in [0.25, 0.3) is 22.2 Å². The van der Waals surface area contributed by atoms with Crippen LogP contribution in [0.1, 0.15) is 22.9 Å². The van der Waals surface area contributed by atoms with Crippen LogP contribution in [0.2, 0.25) is 5.02 Å². The van der Waals surface area contributed by atoms with Gasteiger partial charge in [0.25, 0.3) is 0 Å². The standard InChI is InChI=1S/C27H18ClFN4S/c28-19-10-13-22-21(15-19)26(18-5-2-1-3-6-18)31-27(30-22)33-24(17-8-11-20(29)12-9-17)16-23(32-33)25-7-4-14-34-25/h1-15,24H,16H2. The van der Waals surface area contributed by atoms with Gasteiger partial charge in [0.15, 0.2) is 0 Å². The Balaban J connectivity index is 1.54. The van der Waals surface area contributed by atoms with E-state index in [4.69, 9.17) is 26.7 Å². The highest BCUT2D eigenvalue weighted by Crippen LogP contribution is 2.38. The molecule has 7 heteroatoms. The van der Waals surface area contributed by atoms with E-state index in [0.29, 0.717) is 17.4 Å². The van der Waals surface area contributed by atoms with Crippen molar-refractivity contribution in [3.8, 4) is 11.3 Å². The molecule has 0 radical (unpaired) electrons. The smallest absolute Gasteiger partial charge is 0.223 e. The molecule has 0 spiro atoms. The van der Waals surface area contributed by atoms with Gasteiger partial charge < -0.3 is 0 Å². The predicted octanol–water partition coefficient (Wildman–Crippen LogP) is 7.51. The fourth-order valence-corrected chi connectivity index (χ4v) is 5.13. The van der Waals surface area contributed by atoms with Crippen LogP contribution in [0.3, 0.4) is 0 Å². The van der Waals surface area contributed by atoms with Crippen molar-refractivity contribution in [2.24, 2.45) is 5.10 Å². The summed E-state index contributed by atoms with van der Waals surface area (Å²) in [6, 6.07) is 26.1. The zero-order valence-electron chi connectivity index (χ0n) is 17.9. The van der Waals surface area contributed by atoms with Gasteiger partial charge in [-0.25, -0.2) is 19.4 Å². The van der Waals surface area contributed by atoms with Crippen LogP contribution in [-0.2, 0) is 0 Å². The third-order valence-corrected chi connectivity index (χ3v) is 7.02. The molecule has 3 aromatic carbocycles. The van der Waals surface area contributed by atoms with Crippen molar-refractivity contribution in [1.82, 2.24) is 9.97 Å². The maximum Gasteiger partial charge on any atom is 0.247 e. The van der Waals surface area contributed by atoms with Crippen molar-refractivity contribution < 1.29 is 4.39 Å². The summed E-state index contributed by atoms with van der Waals surface area (Å²) >= 11 is 7.97. The van der Waals surface area contributed by atoms with Gasteiger partial charge in [-0.2, -0.15) is 5.10 Å². The molecule has 0 bridgehead atoms. The molecule has 4 nitrogen and oxygen atoms in total. The molecule has 3 heterocycles. The monoisotopic (exact) mass is 484 g/mol. The molecule has 5 aromatic rings. The van der Waals surface area contributed by atoms with Crippen LogP contribution in [0.4, 0.5) is 10.3 Å². The summed E-state index contributed by atoms with van der Waals surface area (Å²) in [5.41, 5.74) is 4.47. The first-order valence-electron chi connectivity index (χ1n) is 10.8. The highest BCUT2D eigenvalue weighted by atomic mass is 35.5. The molecule has 1 aliphatic heterocycles. The van der Waals surface area contributed by atoms with Gasteiger partial charge in [0.2, 0.25) is 5.95 Å². The van der Waals surface area contributed by atoms with Crippen molar-refractivity contribution in [3.05, 3.63) is 112 Å². The third-order valence-electron chi connectivity index (χ3n) is 5.87. The molecule has 0 saturated carbocycles. The summed E-state index contributed by atoms with van der Waals surface area (Å²) in [6.45, 7) is 0. The van der Waals surface area contributed by atoms with Crippen molar-refractivity contribution in [1.29, 1.82) is 0 Å². The minimum absolute atomic E-state index is 0.147. The fourth-order valence-electron chi connectivity index (χ4n) is 4.24. The predicted molar refractivity (Wildman–Crippen MR) is 137 cm³/mol. The van der Waals surface area contributed by atoms with Crippen molar-refractivity contribution in [3.63, 3.8) is 0 Å². The SMILES string of the molecule is Fc1ccc(C2CC(c3cccs3)=NN2c2nc(-c3ccccc3)c3cc(Cl)ccc3n2)cc1. The zero-order valence-corrected chi connectivity index (χ0v) is 19.5. The van der Waals surface area contributed by atoms with Crippen LogP contribution in [0.15, 0.2) is 95.4 Å². The lowest BCUT2D eigenvalue weighted by Crippen LogP contribution is -2.21. The van der Waals surface area contributed by atoms with Crippen molar-refractivity contribution in [2.45, 2.75) is 12.5 Å². The zero-order chi connectivity index (χ0) is 23.1. The molecule has 0 saturated heterocycles. The lowest BCUT2D eigenvalue weighted by molar-refractivity contribution is 0.623. The molecule has 166 valence electrons. The van der Waals surface area contributed by atoms with Gasteiger partial charge in [0.05, 0.1) is 27.8 Å². The normalized spacial score (nSPS) is 15.6. The van der Waals surface area contributed by atoms with Crippen molar-refractivity contribution >= 4 is 45.5 Å². The quantitative estimate of drug-likeness (QED) is 0.265. The number of aromatic nitrogens is 2. The van der Waals surface area contributed by atoms with Crippen LogP contribution in [0.5, 0.6) is 0 Å². The largest absolute Gasteiger partial charge is 0.247 e. The molecule has 1 unspecified atom stereocenters. The minimum atomic E-state index is -0.266. The maximum atomic E-state index is 13.7. The first-order chi connectivity index (χ1) is 16.7. The second-order valence-electron chi connectivity index (χ2n) is 8.04. The lowest BCUT2D eigenvalue weighted by Gasteiger charge is -2.23. The van der Waals surface area contributed by atoms with Crippen LogP contribution >= 0.6 is 22.9 Å². The number of halogens is 2. The summed E-state index contributed by atoms with van der Waals surface area (Å²) in [6.07, 6.45) is 0.675. The second kappa shape index (κ2) is 8.63. The second-order valence-corrected chi connectivity index (χ2v) is 9.42. The molecular formula is C27H18ClFN4S. The van der Waals surface area contributed by atoms with E-state index in [-0.39, 0.29) is 11.9 Å². The van der Waals surface area contributed by atoms with Crippen LogP contribution < -0.4 is 5.01 Å². The van der Waals surface area contributed by atoms with E-state index >= 15 is 0 Å². The summed E-state index contributed by atoms with van der Waals surface area (Å²) in [7, 11) is 0. The molecular weight excluding hydrogens is 467 g/mol. The maximum absolute atomic E-state index is 13.7. The number of thiophene rings is 1. The Morgan fingerprint density at radius 2 is 1.74 bits per heavy atom. The number of hydrogen-bond donors (Lipinski definition) is 0. The Labute approximate surface area is 205 Å². The first kappa shape index (κ1) is 21.0. The summed E-state index contributed by atoms with van der Waals surface area (Å²) < 4.78 is 13.7. The van der Waals surface area contributed by atoms with Gasteiger partial charge in [-0.1, -0.05) is 60.1 Å². The number of hydrogen-bond acceptors (Lipinski definition) is 5. The van der Waals surface area contributed by atoms with Crippen LogP contribution in [-0.4, -0.2) is 15.7 Å². The lowest BCUT2D eigenvalue weighted by atomic mass is 10.0. The molecule has 0 amide bonds. The Kier molecular flexibility index (Phi) is 5.32. The Morgan fingerprint density at radius 1 is 0.912 bits per heavy atom. The van der Waals surface area contributed by atoms with E-state index in [1.807, 2.05) is 65.0 Å². The van der Waals surface area contributed by atoms with Gasteiger partial charge in [-0.05, 0) is 47.3 Å². The number of nitrogens with zero attached hydrogens (tertiary/aromatic N) is 4. The van der Waals surface area contributed by atoms with Gasteiger partial charge >= 0.3 is 0 Å². The number of hydrazone groups is 1. The average Bonchev–Trinajstić information content (AvgIpc) is 3.55. The molecule has 2 aromatic heterocycles. The number of rotatable bonds is 4. The fraction of sp³-hybridized carbons (Fsp3) is 0.0741. The molecule has 1 aliphatic rings. The third kappa shape index (κ3) is 3.85. The minimum Gasteiger partial charge on any atom is -0.223 e. The average molecular weight is 485 g/mol. The van der Waals surface area contributed by atoms with Gasteiger partial charge in [-0.3, -0.25) is 0 Å². The topological polar surface area (TPSA) is 41.4 Å². The van der Waals surface area contributed by atoms with E-state index in [1.165, 1.54) is 12.1 Å². The molecule has 0 fully saturated rings. The van der Waals surface area contributed by atoms with Crippen LogP contribution in [0, 0.1) is 5.82 Å². The number of benzene rings is 3. The molecule has 34 heavy (non-hydrogen) atoms.